The number of rotatable bonds is 2. The van der Waals surface area contributed by atoms with Crippen LogP contribution in [0.3, 0.4) is 0 Å². The second-order valence-corrected chi connectivity index (χ2v) is 5.43. The summed E-state index contributed by atoms with van der Waals surface area (Å²) in [5.41, 5.74) is 1.83. The number of piperazine rings is 1. The van der Waals surface area contributed by atoms with Crippen LogP contribution in [0.5, 0.6) is 0 Å². The monoisotopic (exact) mass is 359 g/mol. The molecule has 0 saturated carbocycles. The molecule has 1 aromatic carbocycles. The lowest BCUT2D eigenvalue weighted by Gasteiger charge is -2.23. The summed E-state index contributed by atoms with van der Waals surface area (Å²) in [5, 5.41) is 8.42. The molecule has 0 aliphatic carbocycles. The van der Waals surface area contributed by atoms with Gasteiger partial charge in [-0.2, -0.15) is 0 Å². The first-order chi connectivity index (χ1) is 8.56. The van der Waals surface area contributed by atoms with Crippen molar-refractivity contribution in [1.29, 1.82) is 0 Å². The van der Waals surface area contributed by atoms with E-state index in [-0.39, 0.29) is 24.4 Å². The van der Waals surface area contributed by atoms with Gasteiger partial charge < -0.3 is 10.6 Å². The number of anilines is 1. The third-order valence-electron chi connectivity index (χ3n) is 2.78. The molecular formula is C12H14IN3O2. The van der Waals surface area contributed by atoms with Gasteiger partial charge >= 0.3 is 0 Å². The zero-order valence-corrected chi connectivity index (χ0v) is 12.1. The predicted molar refractivity (Wildman–Crippen MR) is 77.3 cm³/mol. The fourth-order valence-electron chi connectivity index (χ4n) is 1.74. The highest BCUT2D eigenvalue weighted by molar-refractivity contribution is 14.1. The first-order valence-corrected chi connectivity index (χ1v) is 6.71. The normalized spacial score (nSPS) is 19.2. The Hall–Kier alpha value is -1.15. The summed E-state index contributed by atoms with van der Waals surface area (Å²) in [6.45, 7) is 2.46. The molecule has 3 N–H and O–H groups in total. The molecule has 1 atom stereocenters. The third kappa shape index (κ3) is 3.20. The number of benzene rings is 1. The van der Waals surface area contributed by atoms with Crippen molar-refractivity contribution in [1.82, 2.24) is 10.6 Å². The van der Waals surface area contributed by atoms with Crippen LogP contribution in [0.2, 0.25) is 0 Å². The SMILES string of the molecule is Cc1cc(I)ccc1NC(=O)C1CNC(=O)CN1. The first kappa shape index (κ1) is 13.3. The molecule has 0 bridgehead atoms. The molecule has 6 heteroatoms. The molecule has 1 aliphatic rings. The number of aryl methyl sites for hydroxylation is 1. The van der Waals surface area contributed by atoms with Gasteiger partial charge in [-0.25, -0.2) is 0 Å². The van der Waals surface area contributed by atoms with E-state index in [1.165, 1.54) is 0 Å². The van der Waals surface area contributed by atoms with Crippen LogP contribution in [0, 0.1) is 10.5 Å². The average molecular weight is 359 g/mol. The maximum absolute atomic E-state index is 12.0. The summed E-state index contributed by atoms with van der Waals surface area (Å²) in [5.74, 6) is -0.205. The van der Waals surface area contributed by atoms with Crippen molar-refractivity contribution in [2.75, 3.05) is 18.4 Å². The number of carbonyl (C=O) groups is 2. The highest BCUT2D eigenvalue weighted by Crippen LogP contribution is 2.17. The zero-order valence-electron chi connectivity index (χ0n) is 9.92. The van der Waals surface area contributed by atoms with Gasteiger partial charge in [-0.15, -0.1) is 0 Å². The fraction of sp³-hybridized carbons (Fsp3) is 0.333. The van der Waals surface area contributed by atoms with Crippen LogP contribution >= 0.6 is 22.6 Å². The Bertz CT molecular complexity index is 480. The lowest BCUT2D eigenvalue weighted by atomic mass is 10.1. The quantitative estimate of drug-likeness (QED) is 0.679. The molecule has 1 aliphatic heterocycles. The summed E-state index contributed by atoms with van der Waals surface area (Å²) in [6.07, 6.45) is 0. The summed E-state index contributed by atoms with van der Waals surface area (Å²) in [4.78, 5) is 23.0. The van der Waals surface area contributed by atoms with Crippen molar-refractivity contribution in [3.8, 4) is 0 Å². The minimum Gasteiger partial charge on any atom is -0.353 e. The number of hydrogen-bond donors (Lipinski definition) is 3. The predicted octanol–water partition coefficient (Wildman–Crippen LogP) is 0.626. The van der Waals surface area contributed by atoms with Crippen LogP contribution in [0.4, 0.5) is 5.69 Å². The molecule has 96 valence electrons. The Balaban J connectivity index is 2.00. The summed E-state index contributed by atoms with van der Waals surface area (Å²) in [7, 11) is 0. The van der Waals surface area contributed by atoms with Gasteiger partial charge in [0.05, 0.1) is 6.54 Å². The number of carbonyl (C=O) groups excluding carboxylic acids is 2. The van der Waals surface area contributed by atoms with Crippen molar-refractivity contribution in [2.24, 2.45) is 0 Å². The molecule has 18 heavy (non-hydrogen) atoms. The van der Waals surface area contributed by atoms with Crippen LogP contribution < -0.4 is 16.0 Å². The minimum atomic E-state index is -0.374. The number of nitrogens with one attached hydrogen (secondary N) is 3. The second kappa shape index (κ2) is 5.66. The van der Waals surface area contributed by atoms with E-state index < -0.39 is 0 Å². The van der Waals surface area contributed by atoms with Gasteiger partial charge in [-0.1, -0.05) is 0 Å². The van der Waals surface area contributed by atoms with E-state index in [9.17, 15) is 9.59 Å². The van der Waals surface area contributed by atoms with Crippen molar-refractivity contribution < 1.29 is 9.59 Å². The van der Waals surface area contributed by atoms with Gasteiger partial charge in [-0.05, 0) is 53.3 Å². The van der Waals surface area contributed by atoms with Gasteiger partial charge in [0, 0.05) is 15.8 Å². The maximum Gasteiger partial charge on any atom is 0.243 e. The van der Waals surface area contributed by atoms with Crippen molar-refractivity contribution >= 4 is 40.1 Å². The Morgan fingerprint density at radius 2 is 2.28 bits per heavy atom. The van der Waals surface area contributed by atoms with Gasteiger partial charge in [0.1, 0.15) is 6.04 Å². The van der Waals surface area contributed by atoms with Crippen molar-refractivity contribution in [2.45, 2.75) is 13.0 Å². The molecule has 0 spiro atoms. The Labute approximate surface area is 119 Å². The van der Waals surface area contributed by atoms with E-state index >= 15 is 0 Å². The standard InChI is InChI=1S/C12H14IN3O2/c1-7-4-8(13)2-3-9(7)16-12(18)10-5-15-11(17)6-14-10/h2-4,10,14H,5-6H2,1H3,(H,15,17)(H,16,18). The zero-order chi connectivity index (χ0) is 13.1. The highest BCUT2D eigenvalue weighted by atomic mass is 127. The topological polar surface area (TPSA) is 70.2 Å². The second-order valence-electron chi connectivity index (χ2n) is 4.19. The lowest BCUT2D eigenvalue weighted by Crippen LogP contribution is -2.56. The molecule has 0 aromatic heterocycles. The van der Waals surface area contributed by atoms with Crippen LogP contribution in [-0.4, -0.2) is 30.9 Å². The number of hydrogen-bond acceptors (Lipinski definition) is 3. The molecule has 2 rings (SSSR count). The van der Waals surface area contributed by atoms with Crippen molar-refractivity contribution in [3.63, 3.8) is 0 Å². The minimum absolute atomic E-state index is 0.0792. The van der Waals surface area contributed by atoms with E-state index in [1.54, 1.807) is 0 Å². The molecule has 2 amide bonds. The largest absolute Gasteiger partial charge is 0.353 e. The number of halogens is 1. The van der Waals surface area contributed by atoms with Crippen molar-refractivity contribution in [3.05, 3.63) is 27.3 Å². The molecule has 1 saturated heterocycles. The van der Waals surface area contributed by atoms with Crippen LogP contribution in [0.1, 0.15) is 5.56 Å². The maximum atomic E-state index is 12.0. The van der Waals surface area contributed by atoms with E-state index in [0.29, 0.717) is 6.54 Å². The van der Waals surface area contributed by atoms with Gasteiger partial charge in [0.15, 0.2) is 0 Å². The smallest absolute Gasteiger partial charge is 0.243 e. The Morgan fingerprint density at radius 3 is 2.89 bits per heavy atom. The third-order valence-corrected chi connectivity index (χ3v) is 3.45. The van der Waals surface area contributed by atoms with Gasteiger partial charge in [0.25, 0.3) is 0 Å². The number of amides is 2. The lowest BCUT2D eigenvalue weighted by molar-refractivity contribution is -0.124. The van der Waals surface area contributed by atoms with Crippen LogP contribution in [-0.2, 0) is 9.59 Å². The van der Waals surface area contributed by atoms with Crippen LogP contribution in [0.15, 0.2) is 18.2 Å². The molecule has 1 aromatic rings. The fourth-order valence-corrected chi connectivity index (χ4v) is 2.39. The van der Waals surface area contributed by atoms with E-state index in [4.69, 9.17) is 0 Å². The molecule has 1 heterocycles. The Kier molecular flexibility index (Phi) is 4.18. The summed E-state index contributed by atoms with van der Waals surface area (Å²) >= 11 is 2.23. The summed E-state index contributed by atoms with van der Waals surface area (Å²) < 4.78 is 1.13. The summed E-state index contributed by atoms with van der Waals surface area (Å²) in [6, 6.07) is 5.46. The van der Waals surface area contributed by atoms with E-state index in [1.807, 2.05) is 25.1 Å². The van der Waals surface area contributed by atoms with Gasteiger partial charge in [-0.3, -0.25) is 14.9 Å². The average Bonchev–Trinajstić information content (AvgIpc) is 2.33. The van der Waals surface area contributed by atoms with Gasteiger partial charge in [0.2, 0.25) is 11.8 Å². The first-order valence-electron chi connectivity index (χ1n) is 5.63. The molecule has 1 unspecified atom stereocenters. The Morgan fingerprint density at radius 1 is 1.50 bits per heavy atom. The highest BCUT2D eigenvalue weighted by Gasteiger charge is 2.23. The van der Waals surface area contributed by atoms with E-state index in [2.05, 4.69) is 38.5 Å². The molecule has 0 radical (unpaired) electrons. The molecule has 5 nitrogen and oxygen atoms in total. The molecule has 1 fully saturated rings. The van der Waals surface area contributed by atoms with Crippen LogP contribution in [0.25, 0.3) is 0 Å². The molecular weight excluding hydrogens is 345 g/mol. The van der Waals surface area contributed by atoms with E-state index in [0.717, 1.165) is 14.8 Å².